The maximum Gasteiger partial charge on any atom is 0.323 e. The third-order valence-electron chi connectivity index (χ3n) is 4.91. The lowest BCUT2D eigenvalue weighted by Gasteiger charge is -2.27. The Morgan fingerprint density at radius 1 is 1.38 bits per heavy atom. The van der Waals surface area contributed by atoms with Gasteiger partial charge in [0.05, 0.1) is 21.3 Å². The predicted octanol–water partition coefficient (Wildman–Crippen LogP) is 4.44. The van der Waals surface area contributed by atoms with E-state index in [0.29, 0.717) is 12.8 Å². The van der Waals surface area contributed by atoms with Crippen molar-refractivity contribution in [2.24, 2.45) is 5.92 Å². The molecule has 26 heavy (non-hydrogen) atoms. The Hall–Kier alpha value is -1.83. The van der Waals surface area contributed by atoms with E-state index < -0.39 is 11.5 Å². The second-order valence-electron chi connectivity index (χ2n) is 7.31. The number of rotatable bonds is 5. The number of fused-ring (bicyclic) bond motifs is 1. The van der Waals surface area contributed by atoms with Crippen molar-refractivity contribution in [3.05, 3.63) is 45.9 Å². The molecule has 136 valence electrons. The third-order valence-corrected chi connectivity index (χ3v) is 6.94. The van der Waals surface area contributed by atoms with Gasteiger partial charge in [-0.2, -0.15) is 0 Å². The van der Waals surface area contributed by atoms with E-state index in [2.05, 4.69) is 30.2 Å². The van der Waals surface area contributed by atoms with Gasteiger partial charge >= 0.3 is 5.97 Å². The van der Waals surface area contributed by atoms with Gasteiger partial charge in [0.1, 0.15) is 10.5 Å². The van der Waals surface area contributed by atoms with Gasteiger partial charge in [0.2, 0.25) is 0 Å². The molecule has 0 saturated carbocycles. The molecule has 0 bridgehead atoms. The van der Waals surface area contributed by atoms with Crippen molar-refractivity contribution >= 4 is 38.9 Å². The molecule has 3 aromatic rings. The summed E-state index contributed by atoms with van der Waals surface area (Å²) in [7, 11) is 0. The molecule has 0 spiro atoms. The Balaban J connectivity index is 1.78. The summed E-state index contributed by atoms with van der Waals surface area (Å²) in [5.41, 5.74) is 0.0367. The SMILES string of the molecule is CC(C)C[C@@]1(C(=O)O)C[C@H](c2nc3ccccc3s2)[C@H](c2nccs2)N1. The fourth-order valence-electron chi connectivity index (χ4n) is 3.93. The van der Waals surface area contributed by atoms with Crippen molar-refractivity contribution in [3.63, 3.8) is 0 Å². The van der Waals surface area contributed by atoms with Crippen LogP contribution in [0.2, 0.25) is 0 Å². The first-order valence-corrected chi connectivity index (χ1v) is 10.4. The highest BCUT2D eigenvalue weighted by Gasteiger charge is 2.52. The summed E-state index contributed by atoms with van der Waals surface area (Å²) in [6.45, 7) is 4.13. The zero-order valence-electron chi connectivity index (χ0n) is 14.7. The Morgan fingerprint density at radius 2 is 2.19 bits per heavy atom. The number of benzene rings is 1. The summed E-state index contributed by atoms with van der Waals surface area (Å²) < 4.78 is 1.14. The number of nitrogens with one attached hydrogen (secondary N) is 1. The molecule has 3 heterocycles. The largest absolute Gasteiger partial charge is 0.480 e. The molecule has 5 nitrogen and oxygen atoms in total. The maximum atomic E-state index is 12.2. The van der Waals surface area contributed by atoms with Crippen LogP contribution >= 0.6 is 22.7 Å². The normalized spacial score (nSPS) is 26.0. The van der Waals surface area contributed by atoms with Crippen LogP contribution in [-0.2, 0) is 4.79 Å². The highest BCUT2D eigenvalue weighted by molar-refractivity contribution is 7.18. The number of nitrogens with zero attached hydrogens (tertiary/aromatic N) is 2. The molecule has 2 N–H and O–H groups in total. The molecule has 1 saturated heterocycles. The second kappa shape index (κ2) is 6.72. The van der Waals surface area contributed by atoms with Crippen molar-refractivity contribution in [1.82, 2.24) is 15.3 Å². The summed E-state index contributed by atoms with van der Waals surface area (Å²) in [6, 6.07) is 7.95. The number of carboxylic acid groups (broad SMARTS) is 1. The predicted molar refractivity (Wildman–Crippen MR) is 105 cm³/mol. The maximum absolute atomic E-state index is 12.2. The minimum absolute atomic E-state index is 0.00778. The van der Waals surface area contributed by atoms with E-state index >= 15 is 0 Å². The quantitative estimate of drug-likeness (QED) is 0.677. The molecule has 7 heteroatoms. The first kappa shape index (κ1) is 17.6. The van der Waals surface area contributed by atoms with Crippen molar-refractivity contribution < 1.29 is 9.90 Å². The molecular weight excluding hydrogens is 366 g/mol. The number of carbonyl (C=O) groups is 1. The highest BCUT2D eigenvalue weighted by Crippen LogP contribution is 2.48. The monoisotopic (exact) mass is 387 g/mol. The summed E-state index contributed by atoms with van der Waals surface area (Å²) in [6.07, 6.45) is 2.90. The topological polar surface area (TPSA) is 75.1 Å². The molecule has 0 radical (unpaired) electrons. The van der Waals surface area contributed by atoms with Crippen molar-refractivity contribution in [2.75, 3.05) is 0 Å². The number of para-hydroxylation sites is 1. The van der Waals surface area contributed by atoms with Crippen molar-refractivity contribution in [3.8, 4) is 0 Å². The van der Waals surface area contributed by atoms with Gasteiger partial charge < -0.3 is 5.11 Å². The van der Waals surface area contributed by atoms with Crippen LogP contribution in [0.15, 0.2) is 35.8 Å². The molecule has 1 aliphatic heterocycles. The number of carboxylic acids is 1. The lowest BCUT2D eigenvalue weighted by molar-refractivity contribution is -0.145. The molecule has 3 atom stereocenters. The molecule has 0 amide bonds. The number of thiazole rings is 2. The zero-order valence-corrected chi connectivity index (χ0v) is 16.3. The molecule has 1 aromatic carbocycles. The van der Waals surface area contributed by atoms with Crippen LogP contribution in [0.4, 0.5) is 0 Å². The standard InChI is InChI=1S/C19H21N3O2S2/c1-11(2)9-19(18(23)24)10-12(15(22-19)17-20-7-8-25-17)16-21-13-5-3-4-6-14(13)26-16/h3-8,11-12,15,22H,9-10H2,1-2H3,(H,23,24)/t12-,15+,19-/m0/s1. The highest BCUT2D eigenvalue weighted by atomic mass is 32.1. The van der Waals surface area contributed by atoms with Gasteiger partial charge in [0, 0.05) is 17.5 Å². The van der Waals surface area contributed by atoms with Crippen LogP contribution in [0, 0.1) is 5.92 Å². The lowest BCUT2D eigenvalue weighted by Crippen LogP contribution is -2.49. The Bertz CT molecular complexity index is 889. The van der Waals surface area contributed by atoms with Gasteiger partial charge in [-0.05, 0) is 30.9 Å². The van der Waals surface area contributed by atoms with E-state index in [-0.39, 0.29) is 17.9 Å². The van der Waals surface area contributed by atoms with Gasteiger partial charge in [0.25, 0.3) is 0 Å². The molecular formula is C19H21N3O2S2. The fourth-order valence-corrected chi connectivity index (χ4v) is 5.78. The first-order chi connectivity index (χ1) is 12.5. The summed E-state index contributed by atoms with van der Waals surface area (Å²) in [5.74, 6) is -0.491. The summed E-state index contributed by atoms with van der Waals surface area (Å²) in [5, 5.41) is 17.3. The van der Waals surface area contributed by atoms with Gasteiger partial charge in [-0.15, -0.1) is 22.7 Å². The van der Waals surface area contributed by atoms with Gasteiger partial charge in [0.15, 0.2) is 0 Å². The molecule has 0 unspecified atom stereocenters. The molecule has 1 fully saturated rings. The molecule has 4 rings (SSSR count). The smallest absolute Gasteiger partial charge is 0.323 e. The fraction of sp³-hybridized carbons (Fsp3) is 0.421. The lowest BCUT2D eigenvalue weighted by atomic mass is 9.84. The van der Waals surface area contributed by atoms with Crippen LogP contribution in [0.1, 0.15) is 48.7 Å². The molecule has 1 aliphatic rings. The van der Waals surface area contributed by atoms with Crippen LogP contribution in [-0.4, -0.2) is 26.6 Å². The van der Waals surface area contributed by atoms with Crippen LogP contribution < -0.4 is 5.32 Å². The van der Waals surface area contributed by atoms with Crippen LogP contribution in [0.25, 0.3) is 10.2 Å². The number of aromatic nitrogens is 2. The van der Waals surface area contributed by atoms with Crippen molar-refractivity contribution in [2.45, 2.75) is 44.2 Å². The molecule has 2 aromatic heterocycles. The van der Waals surface area contributed by atoms with E-state index in [1.54, 1.807) is 28.9 Å². The average molecular weight is 388 g/mol. The minimum atomic E-state index is -0.937. The Morgan fingerprint density at radius 3 is 2.85 bits per heavy atom. The zero-order chi connectivity index (χ0) is 18.3. The van der Waals surface area contributed by atoms with Crippen molar-refractivity contribution in [1.29, 1.82) is 0 Å². The van der Waals surface area contributed by atoms with Crippen LogP contribution in [0.5, 0.6) is 0 Å². The van der Waals surface area contributed by atoms with Gasteiger partial charge in [-0.1, -0.05) is 26.0 Å². The van der Waals surface area contributed by atoms with E-state index in [0.717, 1.165) is 20.2 Å². The third kappa shape index (κ3) is 3.04. The molecule has 0 aliphatic carbocycles. The number of hydrogen-bond acceptors (Lipinski definition) is 6. The minimum Gasteiger partial charge on any atom is -0.480 e. The van der Waals surface area contributed by atoms with E-state index in [1.807, 2.05) is 23.6 Å². The summed E-state index contributed by atoms with van der Waals surface area (Å²) in [4.78, 5) is 21.5. The van der Waals surface area contributed by atoms with E-state index in [4.69, 9.17) is 4.98 Å². The first-order valence-electron chi connectivity index (χ1n) is 8.74. The van der Waals surface area contributed by atoms with Gasteiger partial charge in [-0.3, -0.25) is 10.1 Å². The number of aliphatic carboxylic acids is 1. The average Bonchev–Trinajstić information content (AvgIpc) is 3.32. The summed E-state index contributed by atoms with van der Waals surface area (Å²) >= 11 is 3.23. The van der Waals surface area contributed by atoms with Crippen LogP contribution in [0.3, 0.4) is 0 Å². The van der Waals surface area contributed by atoms with E-state index in [1.165, 1.54) is 0 Å². The van der Waals surface area contributed by atoms with Gasteiger partial charge in [-0.25, -0.2) is 9.97 Å². The number of hydrogen-bond donors (Lipinski definition) is 2. The Kier molecular flexibility index (Phi) is 4.54. The second-order valence-corrected chi connectivity index (χ2v) is 9.30. The Labute approximate surface area is 160 Å². The van der Waals surface area contributed by atoms with E-state index in [9.17, 15) is 9.90 Å².